The van der Waals surface area contributed by atoms with Crippen molar-refractivity contribution in [2.45, 2.75) is 6.92 Å². The molecule has 0 atom stereocenters. The van der Waals surface area contributed by atoms with E-state index in [9.17, 15) is 4.39 Å². The molecule has 0 aliphatic heterocycles. The monoisotopic (exact) mass is 284 g/mol. The predicted molar refractivity (Wildman–Crippen MR) is 75.7 cm³/mol. The van der Waals surface area contributed by atoms with Gasteiger partial charge in [-0.05, 0) is 19.1 Å². The predicted octanol–water partition coefficient (Wildman–Crippen LogP) is 2.87. The maximum Gasteiger partial charge on any atom is 0.143 e. The summed E-state index contributed by atoms with van der Waals surface area (Å²) in [5.74, 6) is 0.323. The van der Waals surface area contributed by atoms with Gasteiger partial charge in [-0.25, -0.2) is 9.07 Å². The Balaban J connectivity index is 1.99. The van der Waals surface area contributed by atoms with Gasteiger partial charge in [-0.3, -0.25) is 4.98 Å². The number of aromatic nitrogens is 4. The molecule has 1 aromatic carbocycles. The van der Waals surface area contributed by atoms with E-state index >= 15 is 0 Å². The van der Waals surface area contributed by atoms with Gasteiger partial charge in [0.1, 0.15) is 17.3 Å². The van der Waals surface area contributed by atoms with Crippen molar-refractivity contribution in [1.82, 2.24) is 20.0 Å². The maximum atomic E-state index is 13.2. The summed E-state index contributed by atoms with van der Waals surface area (Å²) < 4.78 is 20.3. The van der Waals surface area contributed by atoms with Crippen LogP contribution in [0.1, 0.15) is 6.92 Å². The average molecular weight is 284 g/mol. The van der Waals surface area contributed by atoms with E-state index in [0.29, 0.717) is 18.0 Å². The quantitative estimate of drug-likeness (QED) is 0.739. The van der Waals surface area contributed by atoms with Gasteiger partial charge in [-0.1, -0.05) is 17.3 Å². The maximum absolute atomic E-state index is 13.2. The first-order chi connectivity index (χ1) is 10.3. The Morgan fingerprint density at radius 3 is 2.90 bits per heavy atom. The van der Waals surface area contributed by atoms with Crippen LogP contribution in [0.4, 0.5) is 4.39 Å². The van der Waals surface area contributed by atoms with Gasteiger partial charge in [-0.2, -0.15) is 0 Å². The molecule has 2 aromatic heterocycles. The SMILES string of the molecule is CCOc1ccccc1-c1cn(-c2cncc(F)c2)nn1. The van der Waals surface area contributed by atoms with E-state index in [1.165, 1.54) is 16.9 Å². The molecular formula is C15H13FN4O. The third-order valence-electron chi connectivity index (χ3n) is 2.91. The third-order valence-corrected chi connectivity index (χ3v) is 2.91. The first kappa shape index (κ1) is 13.2. The van der Waals surface area contributed by atoms with E-state index in [-0.39, 0.29) is 0 Å². The van der Waals surface area contributed by atoms with Gasteiger partial charge in [0.05, 0.1) is 30.9 Å². The third kappa shape index (κ3) is 2.74. The highest BCUT2D eigenvalue weighted by Crippen LogP contribution is 2.28. The molecule has 0 spiro atoms. The average Bonchev–Trinajstić information content (AvgIpc) is 2.98. The van der Waals surface area contributed by atoms with Gasteiger partial charge in [-0.15, -0.1) is 5.10 Å². The summed E-state index contributed by atoms with van der Waals surface area (Å²) in [6.45, 7) is 2.49. The zero-order valence-corrected chi connectivity index (χ0v) is 11.4. The number of rotatable bonds is 4. The number of para-hydroxylation sites is 1. The molecule has 0 saturated carbocycles. The molecule has 0 N–H and O–H groups in total. The Morgan fingerprint density at radius 1 is 1.24 bits per heavy atom. The number of pyridine rings is 1. The Morgan fingerprint density at radius 2 is 2.10 bits per heavy atom. The summed E-state index contributed by atoms with van der Waals surface area (Å²) in [5, 5.41) is 8.13. The van der Waals surface area contributed by atoms with Gasteiger partial charge in [0.15, 0.2) is 0 Å². The normalized spacial score (nSPS) is 10.6. The topological polar surface area (TPSA) is 52.8 Å². The van der Waals surface area contributed by atoms with Crippen LogP contribution in [-0.4, -0.2) is 26.6 Å². The molecule has 0 aliphatic rings. The van der Waals surface area contributed by atoms with Crippen molar-refractivity contribution in [1.29, 1.82) is 0 Å². The Hall–Kier alpha value is -2.76. The van der Waals surface area contributed by atoms with Crippen LogP contribution in [0.5, 0.6) is 5.75 Å². The lowest BCUT2D eigenvalue weighted by atomic mass is 10.1. The minimum Gasteiger partial charge on any atom is -0.493 e. The molecule has 6 heteroatoms. The molecular weight excluding hydrogens is 271 g/mol. The summed E-state index contributed by atoms with van der Waals surface area (Å²) in [6.07, 6.45) is 4.38. The summed E-state index contributed by atoms with van der Waals surface area (Å²) in [6, 6.07) is 8.93. The highest BCUT2D eigenvalue weighted by molar-refractivity contribution is 5.66. The fraction of sp³-hybridized carbons (Fsp3) is 0.133. The molecule has 3 rings (SSSR count). The van der Waals surface area contributed by atoms with E-state index < -0.39 is 5.82 Å². The summed E-state index contributed by atoms with van der Waals surface area (Å²) in [4.78, 5) is 3.80. The fourth-order valence-corrected chi connectivity index (χ4v) is 2.00. The Labute approximate surface area is 121 Å². The molecule has 2 heterocycles. The summed E-state index contributed by atoms with van der Waals surface area (Å²) in [5.41, 5.74) is 2.01. The lowest BCUT2D eigenvalue weighted by Gasteiger charge is -2.06. The fourth-order valence-electron chi connectivity index (χ4n) is 2.00. The molecule has 106 valence electrons. The van der Waals surface area contributed by atoms with Crippen LogP contribution < -0.4 is 4.74 Å². The summed E-state index contributed by atoms with van der Waals surface area (Å²) >= 11 is 0. The molecule has 0 saturated heterocycles. The first-order valence-electron chi connectivity index (χ1n) is 6.53. The standard InChI is InChI=1S/C15H13FN4O/c1-2-21-15-6-4-3-5-13(15)14-10-20(19-18-14)12-7-11(16)8-17-9-12/h3-10H,2H2,1H3. The molecule has 0 radical (unpaired) electrons. The van der Waals surface area contributed by atoms with Crippen LogP contribution in [0.3, 0.4) is 0 Å². The van der Waals surface area contributed by atoms with Crippen molar-refractivity contribution >= 4 is 0 Å². The Bertz CT molecular complexity index is 757. The van der Waals surface area contributed by atoms with Crippen LogP contribution in [0.25, 0.3) is 16.9 Å². The van der Waals surface area contributed by atoms with Gasteiger partial charge in [0.25, 0.3) is 0 Å². The van der Waals surface area contributed by atoms with Gasteiger partial charge in [0, 0.05) is 11.6 Å². The highest BCUT2D eigenvalue weighted by Gasteiger charge is 2.10. The largest absolute Gasteiger partial charge is 0.493 e. The van der Waals surface area contributed by atoms with Crippen molar-refractivity contribution in [3.8, 4) is 22.7 Å². The van der Waals surface area contributed by atoms with Crippen molar-refractivity contribution in [2.24, 2.45) is 0 Å². The first-order valence-corrected chi connectivity index (χ1v) is 6.53. The lowest BCUT2D eigenvalue weighted by molar-refractivity contribution is 0.341. The number of hydrogen-bond acceptors (Lipinski definition) is 4. The van der Waals surface area contributed by atoms with E-state index in [1.54, 1.807) is 6.20 Å². The van der Waals surface area contributed by atoms with E-state index in [2.05, 4.69) is 15.3 Å². The second-order valence-corrected chi connectivity index (χ2v) is 4.34. The molecule has 0 aliphatic carbocycles. The molecule has 21 heavy (non-hydrogen) atoms. The number of ether oxygens (including phenoxy) is 1. The smallest absolute Gasteiger partial charge is 0.143 e. The van der Waals surface area contributed by atoms with Crippen molar-refractivity contribution in [3.63, 3.8) is 0 Å². The van der Waals surface area contributed by atoms with E-state index in [4.69, 9.17) is 4.74 Å². The van der Waals surface area contributed by atoms with Crippen molar-refractivity contribution < 1.29 is 9.13 Å². The second kappa shape index (κ2) is 5.70. The van der Waals surface area contributed by atoms with Crippen LogP contribution >= 0.6 is 0 Å². The van der Waals surface area contributed by atoms with Crippen molar-refractivity contribution in [2.75, 3.05) is 6.61 Å². The van der Waals surface area contributed by atoms with Gasteiger partial charge < -0.3 is 4.74 Å². The number of halogens is 1. The highest BCUT2D eigenvalue weighted by atomic mass is 19.1. The van der Waals surface area contributed by atoms with Gasteiger partial charge >= 0.3 is 0 Å². The molecule has 0 amide bonds. The van der Waals surface area contributed by atoms with Crippen LogP contribution in [0, 0.1) is 5.82 Å². The lowest BCUT2D eigenvalue weighted by Crippen LogP contribution is -1.96. The minimum absolute atomic E-state index is 0.417. The number of benzene rings is 1. The van der Waals surface area contributed by atoms with Crippen LogP contribution in [-0.2, 0) is 0 Å². The van der Waals surface area contributed by atoms with E-state index in [0.717, 1.165) is 17.5 Å². The van der Waals surface area contributed by atoms with Crippen LogP contribution in [0.2, 0.25) is 0 Å². The molecule has 0 bridgehead atoms. The zero-order chi connectivity index (χ0) is 14.7. The summed E-state index contributed by atoms with van der Waals surface area (Å²) in [7, 11) is 0. The molecule has 3 aromatic rings. The minimum atomic E-state index is -0.417. The van der Waals surface area contributed by atoms with Crippen LogP contribution in [0.15, 0.2) is 48.9 Å². The second-order valence-electron chi connectivity index (χ2n) is 4.34. The number of hydrogen-bond donors (Lipinski definition) is 0. The van der Waals surface area contributed by atoms with Crippen molar-refractivity contribution in [3.05, 3.63) is 54.7 Å². The number of nitrogens with zero attached hydrogens (tertiary/aromatic N) is 4. The molecule has 5 nitrogen and oxygen atoms in total. The zero-order valence-electron chi connectivity index (χ0n) is 11.4. The molecule has 0 unspecified atom stereocenters. The van der Waals surface area contributed by atoms with E-state index in [1.807, 2.05) is 31.2 Å². The molecule has 0 fully saturated rings. The Kier molecular flexibility index (Phi) is 3.59. The van der Waals surface area contributed by atoms with Gasteiger partial charge in [0.2, 0.25) is 0 Å².